The number of hydrogen-bond donors (Lipinski definition) is 1. The van der Waals surface area contributed by atoms with Crippen LogP contribution in [-0.2, 0) is 10.8 Å². The van der Waals surface area contributed by atoms with Gasteiger partial charge < -0.3 is 5.73 Å². The smallest absolute Gasteiger partial charge is 0.0431 e. The number of aryl methyl sites for hydroxylation is 2. The van der Waals surface area contributed by atoms with Gasteiger partial charge in [-0.05, 0) is 37.8 Å². The van der Waals surface area contributed by atoms with E-state index in [1.54, 1.807) is 0 Å². The summed E-state index contributed by atoms with van der Waals surface area (Å²) in [7, 11) is -0.777. The van der Waals surface area contributed by atoms with Crippen molar-refractivity contribution in [2.24, 2.45) is 5.73 Å². The molecule has 0 aromatic heterocycles. The second kappa shape index (κ2) is 6.67. The van der Waals surface area contributed by atoms with Crippen LogP contribution in [0.15, 0.2) is 18.2 Å². The minimum Gasteiger partial charge on any atom is -0.323 e. The van der Waals surface area contributed by atoms with Gasteiger partial charge in [-0.15, -0.1) is 0 Å². The van der Waals surface area contributed by atoms with E-state index in [1.165, 1.54) is 30.4 Å². The second-order valence-electron chi connectivity index (χ2n) is 5.77. The normalized spacial score (nSPS) is 20.2. The maximum atomic E-state index is 12.4. The van der Waals surface area contributed by atoms with Crippen LogP contribution in [0.4, 0.5) is 0 Å². The molecule has 1 aromatic carbocycles. The minimum atomic E-state index is -0.777. The Kier molecular flexibility index (Phi) is 5.17. The molecule has 0 heterocycles. The molecule has 2 unspecified atom stereocenters. The largest absolute Gasteiger partial charge is 0.323 e. The fraction of sp³-hybridized carbons (Fsp3) is 0.625. The van der Waals surface area contributed by atoms with Crippen LogP contribution in [0.1, 0.15) is 54.8 Å². The predicted molar refractivity (Wildman–Crippen MR) is 82.7 cm³/mol. The van der Waals surface area contributed by atoms with Gasteiger partial charge in [-0.25, -0.2) is 0 Å². The summed E-state index contributed by atoms with van der Waals surface area (Å²) in [4.78, 5) is 0. The fourth-order valence-electron chi connectivity index (χ4n) is 2.89. The molecule has 0 radical (unpaired) electrons. The van der Waals surface area contributed by atoms with E-state index in [9.17, 15) is 4.21 Å². The summed E-state index contributed by atoms with van der Waals surface area (Å²) in [6, 6.07) is 6.25. The molecule has 0 aliphatic heterocycles. The summed E-state index contributed by atoms with van der Waals surface area (Å²) in [6.45, 7) is 4.16. The average Bonchev–Trinajstić information content (AvgIpc) is 2.42. The lowest BCUT2D eigenvalue weighted by Gasteiger charge is -2.23. The predicted octanol–water partition coefficient (Wildman–Crippen LogP) is 3.38. The summed E-state index contributed by atoms with van der Waals surface area (Å²) in [5, 5.41) is 0.380. The number of hydrogen-bond acceptors (Lipinski definition) is 2. The lowest BCUT2D eigenvalue weighted by molar-refractivity contribution is 0.503. The Morgan fingerprint density at radius 1 is 1.26 bits per heavy atom. The van der Waals surface area contributed by atoms with Gasteiger partial charge in [-0.2, -0.15) is 0 Å². The van der Waals surface area contributed by atoms with E-state index >= 15 is 0 Å². The molecular formula is C16H25NOS. The third-order valence-corrected chi connectivity index (χ3v) is 6.00. The van der Waals surface area contributed by atoms with Crippen molar-refractivity contribution in [3.63, 3.8) is 0 Å². The Hall–Kier alpha value is -0.670. The first kappa shape index (κ1) is 14.7. The third-order valence-electron chi connectivity index (χ3n) is 4.10. The first-order chi connectivity index (χ1) is 9.08. The van der Waals surface area contributed by atoms with Crippen molar-refractivity contribution in [1.82, 2.24) is 0 Å². The van der Waals surface area contributed by atoms with Crippen LogP contribution in [-0.4, -0.2) is 15.2 Å². The second-order valence-corrected chi connectivity index (χ2v) is 7.54. The molecule has 19 heavy (non-hydrogen) atoms. The van der Waals surface area contributed by atoms with Crippen molar-refractivity contribution in [1.29, 1.82) is 0 Å². The van der Waals surface area contributed by atoms with E-state index < -0.39 is 10.8 Å². The summed E-state index contributed by atoms with van der Waals surface area (Å²) >= 11 is 0. The summed E-state index contributed by atoms with van der Waals surface area (Å²) in [5.41, 5.74) is 9.86. The van der Waals surface area contributed by atoms with Gasteiger partial charge in [0, 0.05) is 27.8 Å². The molecule has 0 amide bonds. The van der Waals surface area contributed by atoms with Gasteiger partial charge in [0.05, 0.1) is 0 Å². The standard InChI is InChI=1S/C16H25NOS/c1-12-8-9-13(2)15(10-12)16(17)11-19(18)14-6-4-3-5-7-14/h8-10,14,16H,3-7,11,17H2,1-2H3. The lowest BCUT2D eigenvalue weighted by atomic mass is 10.0. The van der Waals surface area contributed by atoms with Gasteiger partial charge in [0.2, 0.25) is 0 Å². The van der Waals surface area contributed by atoms with Crippen molar-refractivity contribution in [2.45, 2.75) is 57.2 Å². The highest BCUT2D eigenvalue weighted by molar-refractivity contribution is 7.85. The number of benzene rings is 1. The molecule has 1 fully saturated rings. The monoisotopic (exact) mass is 279 g/mol. The van der Waals surface area contributed by atoms with Crippen LogP contribution < -0.4 is 5.73 Å². The van der Waals surface area contributed by atoms with Crippen molar-refractivity contribution in [3.8, 4) is 0 Å². The zero-order valence-corrected chi connectivity index (χ0v) is 12.8. The zero-order valence-electron chi connectivity index (χ0n) is 12.0. The van der Waals surface area contributed by atoms with Crippen LogP contribution in [0.2, 0.25) is 0 Å². The SMILES string of the molecule is Cc1ccc(C)c(C(N)CS(=O)C2CCCCC2)c1. The first-order valence-corrected chi connectivity index (χ1v) is 8.66. The topological polar surface area (TPSA) is 43.1 Å². The highest BCUT2D eigenvalue weighted by atomic mass is 32.2. The quantitative estimate of drug-likeness (QED) is 0.918. The minimum absolute atomic E-state index is 0.0948. The Labute approximate surface area is 119 Å². The van der Waals surface area contributed by atoms with Gasteiger partial charge in [0.15, 0.2) is 0 Å². The molecule has 1 saturated carbocycles. The molecule has 0 bridgehead atoms. The van der Waals surface area contributed by atoms with Crippen molar-refractivity contribution < 1.29 is 4.21 Å². The van der Waals surface area contributed by atoms with E-state index in [0.29, 0.717) is 11.0 Å². The van der Waals surface area contributed by atoms with E-state index in [-0.39, 0.29) is 6.04 Å². The van der Waals surface area contributed by atoms with Crippen molar-refractivity contribution >= 4 is 10.8 Å². The maximum Gasteiger partial charge on any atom is 0.0431 e. The van der Waals surface area contributed by atoms with E-state index in [0.717, 1.165) is 18.4 Å². The maximum absolute atomic E-state index is 12.4. The fourth-order valence-corrected chi connectivity index (χ4v) is 4.56. The average molecular weight is 279 g/mol. The molecule has 2 rings (SSSR count). The molecule has 0 saturated heterocycles. The van der Waals surface area contributed by atoms with Gasteiger partial charge >= 0.3 is 0 Å². The summed E-state index contributed by atoms with van der Waals surface area (Å²) < 4.78 is 12.4. The molecule has 2 atom stereocenters. The number of nitrogens with two attached hydrogens (primary N) is 1. The van der Waals surface area contributed by atoms with Crippen molar-refractivity contribution in [3.05, 3.63) is 34.9 Å². The molecule has 1 aliphatic carbocycles. The molecule has 106 valence electrons. The van der Waals surface area contributed by atoms with Gasteiger partial charge in [-0.1, -0.05) is 43.0 Å². The Morgan fingerprint density at radius 3 is 2.63 bits per heavy atom. The van der Waals surface area contributed by atoms with Gasteiger partial charge in [0.1, 0.15) is 0 Å². The van der Waals surface area contributed by atoms with Crippen LogP contribution in [0, 0.1) is 13.8 Å². The summed E-state index contributed by atoms with van der Waals surface area (Å²) in [5.74, 6) is 0.606. The Bertz CT molecular complexity index is 452. The molecule has 1 aliphatic rings. The molecular weight excluding hydrogens is 254 g/mol. The van der Waals surface area contributed by atoms with Crippen molar-refractivity contribution in [2.75, 3.05) is 5.75 Å². The van der Waals surface area contributed by atoms with Crippen LogP contribution in [0.5, 0.6) is 0 Å². The van der Waals surface area contributed by atoms with Crippen LogP contribution in [0.3, 0.4) is 0 Å². The van der Waals surface area contributed by atoms with Crippen LogP contribution in [0.25, 0.3) is 0 Å². The highest BCUT2D eigenvalue weighted by Gasteiger charge is 2.22. The van der Waals surface area contributed by atoms with E-state index in [2.05, 4.69) is 32.0 Å². The van der Waals surface area contributed by atoms with E-state index in [1.807, 2.05) is 0 Å². The van der Waals surface area contributed by atoms with Gasteiger partial charge in [0.25, 0.3) is 0 Å². The molecule has 2 N–H and O–H groups in total. The third kappa shape index (κ3) is 3.90. The Balaban J connectivity index is 2.01. The first-order valence-electron chi connectivity index (χ1n) is 7.28. The lowest BCUT2D eigenvalue weighted by Crippen LogP contribution is -2.27. The van der Waals surface area contributed by atoms with Crippen LogP contribution >= 0.6 is 0 Å². The van der Waals surface area contributed by atoms with E-state index in [4.69, 9.17) is 5.73 Å². The molecule has 2 nitrogen and oxygen atoms in total. The summed E-state index contributed by atoms with van der Waals surface area (Å²) in [6.07, 6.45) is 6.00. The molecule has 1 aromatic rings. The molecule has 3 heteroatoms. The zero-order chi connectivity index (χ0) is 13.8. The highest BCUT2D eigenvalue weighted by Crippen LogP contribution is 2.25. The Morgan fingerprint density at radius 2 is 1.95 bits per heavy atom. The number of rotatable bonds is 4. The molecule has 0 spiro atoms. The van der Waals surface area contributed by atoms with Gasteiger partial charge in [-0.3, -0.25) is 4.21 Å².